The molecule has 0 fully saturated rings. The van der Waals surface area contributed by atoms with Crippen LogP contribution < -0.4 is 10.7 Å². The van der Waals surface area contributed by atoms with Crippen molar-refractivity contribution in [2.75, 3.05) is 11.6 Å². The Labute approximate surface area is 168 Å². The van der Waals surface area contributed by atoms with Gasteiger partial charge in [-0.25, -0.2) is 8.42 Å². The molecule has 1 aromatic heterocycles. The Balaban J connectivity index is 1.70. The standard InChI is InChI=1S/C22H19NO5S/c1-29(26,27)15-19-13-20(24)22(25)21(28-19)14-23-18-11-9-17(10-12-18)8-7-16-5-3-2-4-6-16/h2-6,9-13,23,25H,14-15H2,1H3. The summed E-state index contributed by atoms with van der Waals surface area (Å²) in [5.41, 5.74) is 1.81. The van der Waals surface area contributed by atoms with Crippen LogP contribution in [-0.2, 0) is 22.1 Å². The van der Waals surface area contributed by atoms with Gasteiger partial charge in [-0.15, -0.1) is 0 Å². The average Bonchev–Trinajstić information content (AvgIpc) is 2.68. The van der Waals surface area contributed by atoms with Crippen LogP contribution in [0.25, 0.3) is 0 Å². The number of sulfone groups is 1. The van der Waals surface area contributed by atoms with Crippen LogP contribution in [-0.4, -0.2) is 19.8 Å². The van der Waals surface area contributed by atoms with Crippen LogP contribution in [0.2, 0.25) is 0 Å². The Morgan fingerprint density at radius 3 is 2.24 bits per heavy atom. The maximum absolute atomic E-state index is 11.8. The van der Waals surface area contributed by atoms with Crippen LogP contribution in [0.5, 0.6) is 5.75 Å². The van der Waals surface area contributed by atoms with E-state index in [1.807, 2.05) is 54.6 Å². The fraction of sp³-hybridized carbons (Fsp3) is 0.136. The molecule has 3 aromatic rings. The molecule has 29 heavy (non-hydrogen) atoms. The summed E-state index contributed by atoms with van der Waals surface area (Å²) in [7, 11) is -3.37. The number of hydrogen-bond acceptors (Lipinski definition) is 6. The zero-order valence-electron chi connectivity index (χ0n) is 15.7. The molecule has 0 aliphatic carbocycles. The van der Waals surface area contributed by atoms with Gasteiger partial charge < -0.3 is 14.8 Å². The highest BCUT2D eigenvalue weighted by Gasteiger charge is 2.14. The molecule has 0 unspecified atom stereocenters. The van der Waals surface area contributed by atoms with Gasteiger partial charge in [0.2, 0.25) is 11.2 Å². The van der Waals surface area contributed by atoms with Gasteiger partial charge in [0, 0.05) is 29.1 Å². The van der Waals surface area contributed by atoms with E-state index in [-0.39, 0.29) is 18.1 Å². The molecule has 0 saturated heterocycles. The second kappa shape index (κ2) is 8.67. The van der Waals surface area contributed by atoms with Crippen molar-refractivity contribution >= 4 is 15.5 Å². The van der Waals surface area contributed by atoms with Gasteiger partial charge in [-0.3, -0.25) is 4.79 Å². The van der Waals surface area contributed by atoms with Crippen molar-refractivity contribution in [3.8, 4) is 17.6 Å². The maximum atomic E-state index is 11.8. The summed E-state index contributed by atoms with van der Waals surface area (Å²) in [6.07, 6.45) is 1.04. The normalized spacial score (nSPS) is 10.8. The highest BCUT2D eigenvalue weighted by atomic mass is 32.2. The number of nitrogens with one attached hydrogen (secondary N) is 1. The van der Waals surface area contributed by atoms with Gasteiger partial charge in [-0.2, -0.15) is 0 Å². The Morgan fingerprint density at radius 2 is 1.62 bits per heavy atom. The van der Waals surface area contributed by atoms with Crippen molar-refractivity contribution in [2.45, 2.75) is 12.3 Å². The zero-order chi connectivity index (χ0) is 20.9. The summed E-state index contributed by atoms with van der Waals surface area (Å²) < 4.78 is 28.2. The third kappa shape index (κ3) is 5.99. The maximum Gasteiger partial charge on any atom is 0.227 e. The smallest absolute Gasteiger partial charge is 0.227 e. The third-order valence-electron chi connectivity index (χ3n) is 3.91. The van der Waals surface area contributed by atoms with Crippen molar-refractivity contribution < 1.29 is 17.9 Å². The van der Waals surface area contributed by atoms with E-state index in [1.165, 1.54) is 0 Å². The summed E-state index contributed by atoms with van der Waals surface area (Å²) in [6, 6.07) is 17.9. The number of hydrogen-bond donors (Lipinski definition) is 2. The minimum absolute atomic E-state index is 0.0152. The second-order valence-electron chi connectivity index (χ2n) is 6.47. The molecule has 148 valence electrons. The van der Waals surface area contributed by atoms with E-state index >= 15 is 0 Å². The molecule has 3 rings (SSSR count). The molecule has 0 bridgehead atoms. The van der Waals surface area contributed by atoms with Gasteiger partial charge >= 0.3 is 0 Å². The molecule has 0 aliphatic rings. The lowest BCUT2D eigenvalue weighted by Gasteiger charge is -2.09. The minimum Gasteiger partial charge on any atom is -0.502 e. The summed E-state index contributed by atoms with van der Waals surface area (Å²) in [4.78, 5) is 11.8. The van der Waals surface area contributed by atoms with E-state index in [1.54, 1.807) is 0 Å². The molecule has 6 nitrogen and oxygen atoms in total. The summed E-state index contributed by atoms with van der Waals surface area (Å²) in [5.74, 6) is 5.15. The summed E-state index contributed by atoms with van der Waals surface area (Å²) >= 11 is 0. The van der Waals surface area contributed by atoms with Crippen LogP contribution in [0, 0.1) is 11.8 Å². The highest BCUT2D eigenvalue weighted by molar-refractivity contribution is 7.89. The molecule has 0 amide bonds. The lowest BCUT2D eigenvalue weighted by molar-refractivity contribution is 0.390. The minimum atomic E-state index is -3.37. The van der Waals surface area contributed by atoms with Gasteiger partial charge in [-0.1, -0.05) is 30.0 Å². The van der Waals surface area contributed by atoms with Crippen molar-refractivity contribution in [3.05, 3.63) is 93.5 Å². The van der Waals surface area contributed by atoms with E-state index in [2.05, 4.69) is 17.2 Å². The SMILES string of the molecule is CS(=O)(=O)Cc1cc(=O)c(O)c(CNc2ccc(C#Cc3ccccc3)cc2)o1. The van der Waals surface area contributed by atoms with Crippen molar-refractivity contribution in [3.63, 3.8) is 0 Å². The van der Waals surface area contributed by atoms with Crippen molar-refractivity contribution in [1.29, 1.82) is 0 Å². The first-order valence-corrected chi connectivity index (χ1v) is 10.8. The first-order valence-electron chi connectivity index (χ1n) is 8.74. The highest BCUT2D eigenvalue weighted by Crippen LogP contribution is 2.18. The molecule has 7 heteroatoms. The van der Waals surface area contributed by atoms with Gasteiger partial charge in [0.15, 0.2) is 15.6 Å². The molecular formula is C22H19NO5S. The number of anilines is 1. The summed E-state index contributed by atoms with van der Waals surface area (Å²) in [5, 5.41) is 12.9. The van der Waals surface area contributed by atoms with Crippen LogP contribution in [0.3, 0.4) is 0 Å². The average molecular weight is 409 g/mol. The van der Waals surface area contributed by atoms with Crippen molar-refractivity contribution in [2.24, 2.45) is 0 Å². The predicted octanol–water partition coefficient (Wildman–Crippen LogP) is 2.90. The Kier molecular flexibility index (Phi) is 6.05. The zero-order valence-corrected chi connectivity index (χ0v) is 16.5. The summed E-state index contributed by atoms with van der Waals surface area (Å²) in [6.45, 7) is 0.0215. The number of rotatable bonds is 5. The Morgan fingerprint density at radius 1 is 1.00 bits per heavy atom. The van der Waals surface area contributed by atoms with E-state index in [4.69, 9.17) is 4.42 Å². The molecule has 2 N–H and O–H groups in total. The molecule has 0 saturated carbocycles. The lowest BCUT2D eigenvalue weighted by atomic mass is 10.1. The largest absolute Gasteiger partial charge is 0.502 e. The molecule has 0 atom stereocenters. The predicted molar refractivity (Wildman–Crippen MR) is 111 cm³/mol. The fourth-order valence-corrected chi connectivity index (χ4v) is 3.22. The third-order valence-corrected chi connectivity index (χ3v) is 4.72. The van der Waals surface area contributed by atoms with Crippen LogP contribution >= 0.6 is 0 Å². The first kappa shape index (κ1) is 20.2. The van der Waals surface area contributed by atoms with Gasteiger partial charge in [0.1, 0.15) is 11.5 Å². The second-order valence-corrected chi connectivity index (χ2v) is 8.61. The van der Waals surface area contributed by atoms with Crippen LogP contribution in [0.15, 0.2) is 69.9 Å². The van der Waals surface area contributed by atoms with Gasteiger partial charge in [-0.05, 0) is 36.4 Å². The van der Waals surface area contributed by atoms with Crippen molar-refractivity contribution in [1.82, 2.24) is 0 Å². The topological polar surface area (TPSA) is 96.6 Å². The van der Waals surface area contributed by atoms with E-state index < -0.39 is 26.8 Å². The molecular weight excluding hydrogens is 390 g/mol. The van der Waals surface area contributed by atoms with Crippen LogP contribution in [0.4, 0.5) is 5.69 Å². The lowest BCUT2D eigenvalue weighted by Crippen LogP contribution is -2.10. The Bertz CT molecular complexity index is 1220. The molecule has 1 heterocycles. The van der Waals surface area contributed by atoms with E-state index in [0.29, 0.717) is 0 Å². The monoisotopic (exact) mass is 409 g/mol. The molecule has 2 aromatic carbocycles. The first-order chi connectivity index (χ1) is 13.8. The van der Waals surface area contributed by atoms with Gasteiger partial charge in [0.25, 0.3) is 0 Å². The molecule has 0 spiro atoms. The quantitative estimate of drug-likeness (QED) is 0.629. The number of aromatic hydroxyl groups is 1. The number of benzene rings is 2. The molecule has 0 radical (unpaired) electrons. The fourth-order valence-electron chi connectivity index (χ4n) is 2.56. The molecule has 0 aliphatic heterocycles. The van der Waals surface area contributed by atoms with Gasteiger partial charge in [0.05, 0.1) is 6.54 Å². The van der Waals surface area contributed by atoms with Crippen LogP contribution in [0.1, 0.15) is 22.6 Å². The van der Waals surface area contributed by atoms with E-state index in [0.717, 1.165) is 29.1 Å². The Hall–Kier alpha value is -3.50. The van der Waals surface area contributed by atoms with E-state index in [9.17, 15) is 18.3 Å².